The number of rotatable bonds is 24. The fourth-order valence-electron chi connectivity index (χ4n) is 11.8. The number of unbranched alkanes of at least 4 members (excludes halogenated alkanes) is 9. The van der Waals surface area contributed by atoms with Crippen molar-refractivity contribution in [3.8, 4) is 89.8 Å². The summed E-state index contributed by atoms with van der Waals surface area (Å²) in [7, 11) is 0. The van der Waals surface area contributed by atoms with Crippen LogP contribution in [-0.4, -0.2) is 52.5 Å². The van der Waals surface area contributed by atoms with Gasteiger partial charge in [0.25, 0.3) is 17.3 Å². The highest BCUT2D eigenvalue weighted by molar-refractivity contribution is 7.30. The highest BCUT2D eigenvalue weighted by Gasteiger charge is 2.58. The van der Waals surface area contributed by atoms with Gasteiger partial charge in [0.2, 0.25) is 17.3 Å². The molecule has 0 amide bonds. The summed E-state index contributed by atoms with van der Waals surface area (Å²) in [5.41, 5.74) is 5.28. The minimum atomic E-state index is -4.05. The van der Waals surface area contributed by atoms with Gasteiger partial charge in [-0.25, -0.2) is 0 Å². The average molecular weight is 1380 g/mol. The lowest BCUT2D eigenvalue weighted by atomic mass is 10.0. The van der Waals surface area contributed by atoms with Crippen LogP contribution in [0.3, 0.4) is 0 Å². The SMILES string of the molecule is CCCCCCc1cc(-c2ccc(-c3cc(-c4ccc(-c5cc(CCCCCC)c(-c6cc7c(s6)C(=O)C(F)(F)C7=O)s5)s4)cc(-c4ccc(-c5cc(CCCCCC)c(-c6cc7c(s6)C(=O)C(F)(F)C7=O)s5)s4)c3)s2)sc1-c1cc2c(s1)C(=O)C(F)(F)C2=O. The molecule has 462 valence electrons. The zero-order valence-electron chi connectivity index (χ0n) is 48.7. The Morgan fingerprint density at radius 1 is 0.267 bits per heavy atom. The number of hydrogen-bond acceptors (Lipinski definition) is 15. The van der Waals surface area contributed by atoms with Crippen molar-refractivity contribution >= 4 is 137 Å². The molecule has 3 aliphatic carbocycles. The van der Waals surface area contributed by atoms with Gasteiger partial charge < -0.3 is 0 Å². The largest absolute Gasteiger partial charge is 0.372 e. The van der Waals surface area contributed by atoms with E-state index in [0.29, 0.717) is 14.6 Å². The van der Waals surface area contributed by atoms with Crippen LogP contribution in [0.25, 0.3) is 89.8 Å². The Morgan fingerprint density at radius 3 is 0.778 bits per heavy atom. The van der Waals surface area contributed by atoms with Crippen LogP contribution in [-0.2, 0) is 19.3 Å². The topological polar surface area (TPSA) is 102 Å². The Morgan fingerprint density at radius 2 is 0.522 bits per heavy atom. The number of benzene rings is 1. The summed E-state index contributed by atoms with van der Waals surface area (Å²) >= 11 is 12.3. The molecule has 9 aromatic heterocycles. The van der Waals surface area contributed by atoms with E-state index >= 15 is 0 Å². The summed E-state index contributed by atoms with van der Waals surface area (Å²) in [4.78, 5) is 89.0. The van der Waals surface area contributed by atoms with E-state index in [0.717, 1.165) is 222 Å². The molecule has 6 nitrogen and oxygen atoms in total. The van der Waals surface area contributed by atoms with E-state index in [-0.39, 0.29) is 31.3 Å². The summed E-state index contributed by atoms with van der Waals surface area (Å²) in [6.07, 6.45) is 14.3. The molecule has 0 fully saturated rings. The van der Waals surface area contributed by atoms with Crippen LogP contribution in [0.4, 0.5) is 26.3 Å². The molecule has 0 atom stereocenters. The molecule has 21 heteroatoms. The number of thiophene rings is 9. The maximum Gasteiger partial charge on any atom is 0.372 e. The number of alkyl halides is 6. The minimum Gasteiger partial charge on any atom is -0.287 e. The fourth-order valence-corrected chi connectivity index (χ4v) is 22.4. The monoisotopic (exact) mass is 1380 g/mol. The maximum atomic E-state index is 14.6. The Labute approximate surface area is 551 Å². The first-order valence-corrected chi connectivity index (χ1v) is 37.2. The van der Waals surface area contributed by atoms with Gasteiger partial charge in [-0.2, -0.15) is 26.3 Å². The second kappa shape index (κ2) is 24.9. The molecule has 1 aromatic carbocycles. The Balaban J connectivity index is 0.878. The van der Waals surface area contributed by atoms with Crippen LogP contribution in [0.5, 0.6) is 0 Å². The zero-order valence-corrected chi connectivity index (χ0v) is 56.0. The van der Waals surface area contributed by atoms with Crippen LogP contribution in [0.15, 0.2) is 91.0 Å². The van der Waals surface area contributed by atoms with Gasteiger partial charge in [-0.15, -0.1) is 102 Å². The molecule has 0 N–H and O–H groups in total. The van der Waals surface area contributed by atoms with Gasteiger partial charge in [-0.05, 0) is 163 Å². The van der Waals surface area contributed by atoms with Crippen LogP contribution >= 0.6 is 102 Å². The van der Waals surface area contributed by atoms with Crippen molar-refractivity contribution in [2.75, 3.05) is 0 Å². The Hall–Kier alpha value is -5.88. The van der Waals surface area contributed by atoms with Crippen LogP contribution in [0, 0.1) is 0 Å². The Kier molecular flexibility index (Phi) is 17.4. The first-order valence-electron chi connectivity index (χ1n) is 29.9. The van der Waals surface area contributed by atoms with Crippen molar-refractivity contribution in [3.05, 3.63) is 139 Å². The van der Waals surface area contributed by atoms with Gasteiger partial charge in [0.1, 0.15) is 0 Å². The lowest BCUT2D eigenvalue weighted by molar-refractivity contribution is 0.0187. The molecule has 3 aliphatic rings. The number of Topliss-reactive ketones (excluding diaryl/α,β-unsaturated/α-hetero) is 6. The van der Waals surface area contributed by atoms with Gasteiger partial charge in [0, 0.05) is 89.8 Å². The molecule has 0 spiro atoms. The summed E-state index contributed by atoms with van der Waals surface area (Å²) in [5, 5.41) is 0. The fraction of sp³-hybridized carbons (Fsp3) is 0.304. The van der Waals surface area contributed by atoms with Crippen molar-refractivity contribution in [2.45, 2.75) is 135 Å². The van der Waals surface area contributed by atoms with E-state index in [4.69, 9.17) is 0 Å². The molecular weight excluding hydrogens is 1330 g/mol. The second-order valence-corrected chi connectivity index (χ2v) is 32.4. The maximum absolute atomic E-state index is 14.6. The van der Waals surface area contributed by atoms with E-state index in [1.807, 2.05) is 0 Å². The quantitative estimate of drug-likeness (QED) is 0.0339. The van der Waals surface area contributed by atoms with E-state index in [9.17, 15) is 55.1 Å². The molecule has 90 heavy (non-hydrogen) atoms. The van der Waals surface area contributed by atoms with Crippen molar-refractivity contribution in [1.82, 2.24) is 0 Å². The first-order chi connectivity index (χ1) is 43.2. The average Bonchev–Trinajstić information content (AvgIpc) is 1.72. The van der Waals surface area contributed by atoms with Crippen LogP contribution < -0.4 is 0 Å². The number of fused-ring (bicyclic) bond motifs is 3. The second-order valence-electron chi connectivity index (χ2n) is 22.9. The van der Waals surface area contributed by atoms with E-state index in [1.165, 1.54) is 52.2 Å². The molecule has 13 rings (SSSR count). The molecule has 0 saturated heterocycles. The molecule has 0 aliphatic heterocycles. The van der Waals surface area contributed by atoms with Crippen molar-refractivity contribution in [2.24, 2.45) is 0 Å². The molecule has 10 aromatic rings. The first kappa shape index (κ1) is 62.9. The molecular formula is C69H54F6O6S9. The molecule has 9 heterocycles. The predicted molar refractivity (Wildman–Crippen MR) is 361 cm³/mol. The lowest BCUT2D eigenvalue weighted by Crippen LogP contribution is -2.30. The van der Waals surface area contributed by atoms with Gasteiger partial charge in [0.15, 0.2) is 0 Å². The smallest absolute Gasteiger partial charge is 0.287 e. The number of halogens is 6. The number of hydrogen-bond donors (Lipinski definition) is 0. The van der Waals surface area contributed by atoms with Crippen molar-refractivity contribution < 1.29 is 55.1 Å². The van der Waals surface area contributed by atoms with Gasteiger partial charge in [-0.1, -0.05) is 78.6 Å². The standard InChI is InChI=1S/C69H54F6O6S9/c1-4-7-10-13-16-34-28-49(85-55(34)52-31-40-58(88-52)64(79)67(70,71)61(40)76)46-22-19-43(82-46)37-25-38(44-20-23-47(83-44)50-29-35(17-14-11-8-5-2)56(86-50)53-32-41-59(89-53)65(80)68(72,73)62(41)77)27-39(26-37)45-21-24-48(84-45)51-30-36(18-15-12-9-6-3)57(87-51)54-33-42-60(90-54)66(81)69(74,75)63(42)78/h19-33H,4-18H2,1-3H3. The van der Waals surface area contributed by atoms with Crippen LogP contribution in [0.1, 0.15) is 175 Å². The normalized spacial score (nSPS) is 15.6. The summed E-state index contributed by atoms with van der Waals surface area (Å²) in [5.74, 6) is -20.9. The number of carbonyl (C=O) groups is 6. The van der Waals surface area contributed by atoms with E-state index in [2.05, 4.69) is 93.6 Å². The number of ketones is 6. The van der Waals surface area contributed by atoms with Crippen molar-refractivity contribution in [3.63, 3.8) is 0 Å². The Bertz CT molecular complexity index is 3970. The lowest BCUT2D eigenvalue weighted by Gasteiger charge is -2.07. The summed E-state index contributed by atoms with van der Waals surface area (Å²) < 4.78 is 87.4. The van der Waals surface area contributed by atoms with Gasteiger partial charge in [-0.3, -0.25) is 28.8 Å². The summed E-state index contributed by atoms with van der Waals surface area (Å²) in [6.45, 7) is 6.43. The van der Waals surface area contributed by atoms with Crippen LogP contribution in [0.2, 0.25) is 0 Å². The molecule has 0 bridgehead atoms. The molecule has 0 saturated carbocycles. The molecule has 0 radical (unpaired) electrons. The number of carbonyl (C=O) groups excluding carboxylic acids is 6. The number of aryl methyl sites for hydroxylation is 3. The highest BCUT2D eigenvalue weighted by atomic mass is 32.1. The summed E-state index contributed by atoms with van der Waals surface area (Å²) in [6, 6.07) is 29.9. The third-order valence-corrected chi connectivity index (χ3v) is 28.1. The third kappa shape index (κ3) is 11.3. The predicted octanol–water partition coefficient (Wildman–Crippen LogP) is 23.7. The highest BCUT2D eigenvalue weighted by Crippen LogP contribution is 2.53. The molecule has 0 unspecified atom stereocenters. The third-order valence-electron chi connectivity index (χ3n) is 16.6. The zero-order chi connectivity index (χ0) is 63.1. The van der Waals surface area contributed by atoms with Crippen molar-refractivity contribution in [1.29, 1.82) is 0 Å². The minimum absolute atomic E-state index is 0.201. The van der Waals surface area contributed by atoms with E-state index in [1.54, 1.807) is 34.0 Å². The van der Waals surface area contributed by atoms with Gasteiger partial charge >= 0.3 is 17.8 Å². The van der Waals surface area contributed by atoms with Gasteiger partial charge in [0.05, 0.1) is 14.6 Å². The van der Waals surface area contributed by atoms with E-state index < -0.39 is 52.5 Å².